The Labute approximate surface area is 119 Å². The van der Waals surface area contributed by atoms with Crippen molar-refractivity contribution in [3.8, 4) is 5.75 Å². The molecule has 0 fully saturated rings. The third-order valence-corrected chi connectivity index (χ3v) is 3.20. The van der Waals surface area contributed by atoms with Gasteiger partial charge >= 0.3 is 0 Å². The molecule has 0 radical (unpaired) electrons. The first-order valence-corrected chi connectivity index (χ1v) is 6.88. The van der Waals surface area contributed by atoms with Crippen molar-refractivity contribution in [2.45, 2.75) is 32.7 Å². The van der Waals surface area contributed by atoms with Crippen molar-refractivity contribution in [1.29, 1.82) is 0 Å². The normalized spacial score (nSPS) is 10.5. The lowest BCUT2D eigenvalue weighted by Crippen LogP contribution is -2.12. The van der Waals surface area contributed by atoms with Crippen LogP contribution in [0, 0.1) is 0 Å². The quantitative estimate of drug-likeness (QED) is 0.778. The van der Waals surface area contributed by atoms with Crippen molar-refractivity contribution < 1.29 is 9.53 Å². The average molecular weight is 272 g/mol. The van der Waals surface area contributed by atoms with Gasteiger partial charge in [0.05, 0.1) is 13.5 Å². The zero-order valence-corrected chi connectivity index (χ0v) is 12.0. The van der Waals surface area contributed by atoms with E-state index in [1.807, 2.05) is 35.0 Å². The van der Waals surface area contributed by atoms with Gasteiger partial charge in [0.15, 0.2) is 0 Å². The lowest BCUT2D eigenvalue weighted by molar-refractivity contribution is -0.118. The van der Waals surface area contributed by atoms with Crippen LogP contribution in [0.4, 0.5) is 0 Å². The van der Waals surface area contributed by atoms with Crippen LogP contribution in [0.2, 0.25) is 0 Å². The van der Waals surface area contributed by atoms with Crippen LogP contribution in [-0.2, 0) is 24.2 Å². The van der Waals surface area contributed by atoms with Crippen molar-refractivity contribution in [3.63, 3.8) is 0 Å². The fraction of sp³-hybridized carbons (Fsp3) is 0.375. The van der Waals surface area contributed by atoms with Crippen LogP contribution in [-0.4, -0.2) is 22.4 Å². The number of nitrogens with zero attached hydrogens (tertiary/aromatic N) is 2. The maximum Gasteiger partial charge on any atom is 0.144 e. The molecule has 0 aliphatic carbocycles. The molecular weight excluding hydrogens is 252 g/mol. The predicted octanol–water partition coefficient (Wildman–Crippen LogP) is 2.66. The number of ketones is 1. The van der Waals surface area contributed by atoms with Crippen LogP contribution < -0.4 is 4.74 Å². The molecule has 4 heteroatoms. The number of imidazole rings is 1. The summed E-state index contributed by atoms with van der Waals surface area (Å²) >= 11 is 0. The van der Waals surface area contributed by atoms with Gasteiger partial charge in [-0.1, -0.05) is 25.1 Å². The molecule has 4 nitrogen and oxygen atoms in total. The smallest absolute Gasteiger partial charge is 0.144 e. The number of hydrogen-bond donors (Lipinski definition) is 0. The molecule has 0 saturated heterocycles. The summed E-state index contributed by atoms with van der Waals surface area (Å²) in [5, 5.41) is 0. The zero-order valence-electron chi connectivity index (χ0n) is 12.0. The fourth-order valence-electron chi connectivity index (χ4n) is 2.25. The Bertz CT molecular complexity index is 575. The number of hydrogen-bond acceptors (Lipinski definition) is 3. The monoisotopic (exact) mass is 272 g/mol. The van der Waals surface area contributed by atoms with E-state index < -0.39 is 0 Å². The summed E-state index contributed by atoms with van der Waals surface area (Å²) in [7, 11) is 1.62. The summed E-state index contributed by atoms with van der Waals surface area (Å²) < 4.78 is 7.31. The summed E-state index contributed by atoms with van der Waals surface area (Å²) in [6.45, 7) is 3.01. The van der Waals surface area contributed by atoms with E-state index in [0.29, 0.717) is 12.8 Å². The third kappa shape index (κ3) is 3.47. The number of para-hydroxylation sites is 1. The highest BCUT2D eigenvalue weighted by atomic mass is 16.5. The summed E-state index contributed by atoms with van der Waals surface area (Å²) in [6.07, 6.45) is 5.45. The second-order valence-corrected chi connectivity index (χ2v) is 4.74. The second kappa shape index (κ2) is 6.89. The van der Waals surface area contributed by atoms with Gasteiger partial charge in [-0.05, 0) is 12.5 Å². The SMILES string of the molecule is CCCn1ccnc1CC(=O)Cc1ccccc1OC. The van der Waals surface area contributed by atoms with Crippen molar-refractivity contribution in [2.24, 2.45) is 0 Å². The molecule has 0 amide bonds. The number of ether oxygens (including phenoxy) is 1. The van der Waals surface area contributed by atoms with Crippen molar-refractivity contribution in [2.75, 3.05) is 7.11 Å². The molecule has 0 N–H and O–H groups in total. The average Bonchev–Trinajstić information content (AvgIpc) is 2.87. The molecule has 2 aromatic rings. The maximum atomic E-state index is 12.2. The number of carbonyl (C=O) groups excluding carboxylic acids is 1. The number of methoxy groups -OCH3 is 1. The van der Waals surface area contributed by atoms with Gasteiger partial charge in [0, 0.05) is 30.9 Å². The van der Waals surface area contributed by atoms with Gasteiger partial charge in [0.1, 0.15) is 17.4 Å². The highest BCUT2D eigenvalue weighted by molar-refractivity contribution is 5.83. The molecule has 0 unspecified atom stereocenters. The van der Waals surface area contributed by atoms with Gasteiger partial charge in [0.2, 0.25) is 0 Å². The van der Waals surface area contributed by atoms with Crippen LogP contribution in [0.25, 0.3) is 0 Å². The van der Waals surface area contributed by atoms with Crippen LogP contribution in [0.1, 0.15) is 24.7 Å². The summed E-state index contributed by atoms with van der Waals surface area (Å²) in [4.78, 5) is 16.5. The molecule has 0 spiro atoms. The van der Waals surface area contributed by atoms with Gasteiger partial charge < -0.3 is 9.30 Å². The molecule has 106 valence electrons. The Morgan fingerprint density at radius 2 is 2.10 bits per heavy atom. The number of aromatic nitrogens is 2. The molecule has 0 saturated carbocycles. The van der Waals surface area contributed by atoms with E-state index in [4.69, 9.17) is 4.74 Å². The molecule has 0 bridgehead atoms. The minimum Gasteiger partial charge on any atom is -0.496 e. The summed E-state index contributed by atoms with van der Waals surface area (Å²) in [5.41, 5.74) is 0.925. The minimum absolute atomic E-state index is 0.151. The van der Waals surface area contributed by atoms with Crippen molar-refractivity contribution >= 4 is 5.78 Å². The van der Waals surface area contributed by atoms with Crippen LogP contribution in [0.5, 0.6) is 5.75 Å². The molecular formula is C16H20N2O2. The Morgan fingerprint density at radius 3 is 2.85 bits per heavy atom. The van der Waals surface area contributed by atoms with Gasteiger partial charge in [-0.25, -0.2) is 4.98 Å². The van der Waals surface area contributed by atoms with Crippen LogP contribution in [0.3, 0.4) is 0 Å². The standard InChI is InChI=1S/C16H20N2O2/c1-3-9-18-10-8-17-16(18)12-14(19)11-13-6-4-5-7-15(13)20-2/h4-8,10H,3,9,11-12H2,1-2H3. The first kappa shape index (κ1) is 14.3. The minimum atomic E-state index is 0.151. The topological polar surface area (TPSA) is 44.1 Å². The number of aryl methyl sites for hydroxylation is 1. The lowest BCUT2D eigenvalue weighted by Gasteiger charge is -2.08. The van der Waals surface area contributed by atoms with E-state index in [1.54, 1.807) is 13.3 Å². The second-order valence-electron chi connectivity index (χ2n) is 4.74. The molecule has 2 rings (SSSR count). The Kier molecular flexibility index (Phi) is 4.93. The molecule has 1 heterocycles. The highest BCUT2D eigenvalue weighted by Crippen LogP contribution is 2.18. The molecule has 20 heavy (non-hydrogen) atoms. The van der Waals surface area contributed by atoms with Gasteiger partial charge in [-0.3, -0.25) is 4.79 Å². The predicted molar refractivity (Wildman–Crippen MR) is 77.9 cm³/mol. The number of carbonyl (C=O) groups is 1. The van der Waals surface area contributed by atoms with Gasteiger partial charge in [0.25, 0.3) is 0 Å². The zero-order chi connectivity index (χ0) is 14.4. The highest BCUT2D eigenvalue weighted by Gasteiger charge is 2.12. The Morgan fingerprint density at radius 1 is 1.30 bits per heavy atom. The van der Waals surface area contributed by atoms with Crippen molar-refractivity contribution in [1.82, 2.24) is 9.55 Å². The molecule has 0 atom stereocenters. The Balaban J connectivity index is 2.03. The van der Waals surface area contributed by atoms with E-state index in [0.717, 1.165) is 30.1 Å². The summed E-state index contributed by atoms with van der Waals surface area (Å²) in [6, 6.07) is 7.62. The van der Waals surface area contributed by atoms with E-state index in [1.165, 1.54) is 0 Å². The molecule has 1 aromatic carbocycles. The first-order valence-electron chi connectivity index (χ1n) is 6.88. The summed E-state index contributed by atoms with van der Waals surface area (Å²) in [5.74, 6) is 1.75. The van der Waals surface area contributed by atoms with E-state index in [-0.39, 0.29) is 5.78 Å². The number of benzene rings is 1. The Hall–Kier alpha value is -2.10. The van der Waals surface area contributed by atoms with Gasteiger partial charge in [-0.15, -0.1) is 0 Å². The third-order valence-electron chi connectivity index (χ3n) is 3.20. The van der Waals surface area contributed by atoms with E-state index in [2.05, 4.69) is 11.9 Å². The van der Waals surface area contributed by atoms with Crippen LogP contribution >= 0.6 is 0 Å². The van der Waals surface area contributed by atoms with Gasteiger partial charge in [-0.2, -0.15) is 0 Å². The number of rotatable bonds is 7. The van der Waals surface area contributed by atoms with Crippen LogP contribution in [0.15, 0.2) is 36.7 Å². The molecule has 0 aliphatic heterocycles. The van der Waals surface area contributed by atoms with E-state index >= 15 is 0 Å². The van der Waals surface area contributed by atoms with Crippen molar-refractivity contribution in [3.05, 3.63) is 48.0 Å². The molecule has 0 aliphatic rings. The largest absolute Gasteiger partial charge is 0.496 e. The molecule has 1 aromatic heterocycles. The lowest BCUT2D eigenvalue weighted by atomic mass is 10.1. The maximum absolute atomic E-state index is 12.2. The first-order chi connectivity index (χ1) is 9.74. The van der Waals surface area contributed by atoms with E-state index in [9.17, 15) is 4.79 Å². The fourth-order valence-corrected chi connectivity index (χ4v) is 2.25. The number of Topliss-reactive ketones (excluding diaryl/α,β-unsaturated/α-hetero) is 1.